The molecule has 0 aliphatic carbocycles. The van der Waals surface area contributed by atoms with Gasteiger partial charge >= 0.3 is 6.09 Å². The molecule has 41 heavy (non-hydrogen) atoms. The van der Waals surface area contributed by atoms with Crippen LogP contribution in [0.5, 0.6) is 0 Å². The van der Waals surface area contributed by atoms with Crippen molar-refractivity contribution in [1.29, 1.82) is 0 Å². The van der Waals surface area contributed by atoms with E-state index in [1.54, 1.807) is 38.2 Å². The summed E-state index contributed by atoms with van der Waals surface area (Å²) in [6, 6.07) is 22.6. The molecule has 0 aliphatic rings. The quantitative estimate of drug-likeness (QED) is 0.127. The van der Waals surface area contributed by atoms with Gasteiger partial charge in [-0.25, -0.2) is 4.79 Å². The van der Waals surface area contributed by atoms with Crippen molar-refractivity contribution in [3.8, 4) is 0 Å². The molecule has 0 fully saturated rings. The zero-order valence-electron chi connectivity index (χ0n) is 24.8. The molecule has 1 atom stereocenters. The normalized spacial score (nSPS) is 12.8. The number of nitrogens with zero attached hydrogens (tertiary/aromatic N) is 1. The Bertz CT molecular complexity index is 1390. The molecule has 0 aliphatic heterocycles. The Labute approximate surface area is 244 Å². The second-order valence-corrected chi connectivity index (χ2v) is 12.6. The van der Waals surface area contributed by atoms with Crippen LogP contribution in [0.2, 0.25) is 0 Å². The summed E-state index contributed by atoms with van der Waals surface area (Å²) in [5, 5.41) is 0. The summed E-state index contributed by atoms with van der Waals surface area (Å²) in [5.74, 6) is 0. The van der Waals surface area contributed by atoms with Crippen molar-refractivity contribution in [2.24, 2.45) is 0 Å². The van der Waals surface area contributed by atoms with Gasteiger partial charge in [0, 0.05) is 19.3 Å². The summed E-state index contributed by atoms with van der Waals surface area (Å²) >= 11 is 0. The number of ether oxygens (including phenoxy) is 2. The standard InChI is InChI=1S/C33H41NO6S/c1-25-7-19-31(20-8-25)41(36,37)40-26(2)21-23-38-24-22-29-13-11-27(12-14-29)9-10-28-15-17-30(18-16-28)34(6)32(35)39-33(3,4)5/h7-20,26H,21-24H2,1-6H3/b10-9+. The minimum absolute atomic E-state index is 0.162. The summed E-state index contributed by atoms with van der Waals surface area (Å²) < 4.78 is 41.2. The molecule has 0 radical (unpaired) electrons. The third-order valence-corrected chi connectivity index (χ3v) is 7.63. The van der Waals surface area contributed by atoms with Gasteiger partial charge in [0.05, 0.1) is 17.6 Å². The van der Waals surface area contributed by atoms with Crippen molar-refractivity contribution < 1.29 is 26.9 Å². The lowest BCUT2D eigenvalue weighted by Crippen LogP contribution is -2.34. The Morgan fingerprint density at radius 1 is 0.878 bits per heavy atom. The molecule has 0 N–H and O–H groups in total. The van der Waals surface area contributed by atoms with E-state index in [2.05, 4.69) is 24.3 Å². The first-order chi connectivity index (χ1) is 19.3. The van der Waals surface area contributed by atoms with Gasteiger partial charge in [0.2, 0.25) is 0 Å². The van der Waals surface area contributed by atoms with Gasteiger partial charge in [-0.15, -0.1) is 0 Å². The molecular formula is C33H41NO6S. The maximum Gasteiger partial charge on any atom is 0.414 e. The average molecular weight is 580 g/mol. The SMILES string of the molecule is Cc1ccc(S(=O)(=O)OC(C)CCOCCc2ccc(/C=C/c3ccc(N(C)C(=O)OC(C)(C)C)cc3)cc2)cc1. The summed E-state index contributed by atoms with van der Waals surface area (Å²) in [5.41, 5.74) is 4.46. The van der Waals surface area contributed by atoms with Gasteiger partial charge in [-0.05, 0) is 88.4 Å². The van der Waals surface area contributed by atoms with Crippen molar-refractivity contribution in [1.82, 2.24) is 0 Å². The van der Waals surface area contributed by atoms with E-state index in [9.17, 15) is 13.2 Å². The predicted octanol–water partition coefficient (Wildman–Crippen LogP) is 7.28. The van der Waals surface area contributed by atoms with Crippen LogP contribution in [-0.2, 0) is 30.2 Å². The summed E-state index contributed by atoms with van der Waals surface area (Å²) in [6.45, 7) is 10.1. The maximum atomic E-state index is 12.4. The highest BCUT2D eigenvalue weighted by Gasteiger charge is 2.21. The zero-order chi connectivity index (χ0) is 30.0. The van der Waals surface area contributed by atoms with E-state index in [4.69, 9.17) is 13.7 Å². The van der Waals surface area contributed by atoms with Gasteiger partial charge in [0.15, 0.2) is 0 Å². The van der Waals surface area contributed by atoms with Crippen LogP contribution >= 0.6 is 0 Å². The lowest BCUT2D eigenvalue weighted by atomic mass is 10.1. The highest BCUT2D eigenvalue weighted by atomic mass is 32.2. The van der Waals surface area contributed by atoms with E-state index in [0.717, 1.165) is 34.4 Å². The lowest BCUT2D eigenvalue weighted by molar-refractivity contribution is 0.0589. The fourth-order valence-corrected chi connectivity index (χ4v) is 4.91. The largest absolute Gasteiger partial charge is 0.443 e. The second kappa shape index (κ2) is 14.4. The zero-order valence-corrected chi connectivity index (χ0v) is 25.6. The molecule has 3 aromatic carbocycles. The van der Waals surface area contributed by atoms with Gasteiger partial charge in [0.25, 0.3) is 10.1 Å². The second-order valence-electron chi connectivity index (χ2n) is 11.0. The Hall–Kier alpha value is -3.46. The molecule has 0 bridgehead atoms. The minimum atomic E-state index is -3.78. The van der Waals surface area contributed by atoms with Gasteiger partial charge in [-0.3, -0.25) is 9.08 Å². The Morgan fingerprint density at radius 3 is 2.00 bits per heavy atom. The third-order valence-electron chi connectivity index (χ3n) is 6.20. The average Bonchev–Trinajstić information content (AvgIpc) is 2.91. The van der Waals surface area contributed by atoms with E-state index in [1.165, 1.54) is 4.90 Å². The fraction of sp³-hybridized carbons (Fsp3) is 0.364. The van der Waals surface area contributed by atoms with Crippen molar-refractivity contribution in [3.63, 3.8) is 0 Å². The molecule has 7 nitrogen and oxygen atoms in total. The number of rotatable bonds is 12. The van der Waals surface area contributed by atoms with Gasteiger partial charge in [0.1, 0.15) is 5.60 Å². The van der Waals surface area contributed by atoms with Crippen LogP contribution in [0.4, 0.5) is 10.5 Å². The number of anilines is 1. The number of hydrogen-bond acceptors (Lipinski definition) is 6. The molecule has 0 spiro atoms. The fourth-order valence-electron chi connectivity index (χ4n) is 3.80. The van der Waals surface area contributed by atoms with Crippen LogP contribution in [0, 0.1) is 6.92 Å². The van der Waals surface area contributed by atoms with Crippen molar-refractivity contribution >= 4 is 34.1 Å². The van der Waals surface area contributed by atoms with Crippen LogP contribution in [0.1, 0.15) is 56.4 Å². The van der Waals surface area contributed by atoms with Crippen LogP contribution in [0.3, 0.4) is 0 Å². The summed E-state index contributed by atoms with van der Waals surface area (Å²) in [4.78, 5) is 13.9. The van der Waals surface area contributed by atoms with E-state index < -0.39 is 21.8 Å². The first-order valence-electron chi connectivity index (χ1n) is 13.7. The highest BCUT2D eigenvalue weighted by Crippen LogP contribution is 2.19. The number of amides is 1. The van der Waals surface area contributed by atoms with Crippen molar-refractivity contribution in [2.75, 3.05) is 25.2 Å². The Balaban J connectivity index is 1.39. The third kappa shape index (κ3) is 10.8. The molecule has 0 saturated heterocycles. The monoisotopic (exact) mass is 579 g/mol. The molecule has 3 aromatic rings. The van der Waals surface area contributed by atoms with Crippen molar-refractivity contribution in [3.05, 3.63) is 95.1 Å². The van der Waals surface area contributed by atoms with Crippen LogP contribution < -0.4 is 4.90 Å². The number of carbonyl (C=O) groups is 1. The van der Waals surface area contributed by atoms with Crippen LogP contribution in [0.25, 0.3) is 12.2 Å². The number of aryl methyl sites for hydroxylation is 1. The molecule has 1 amide bonds. The van der Waals surface area contributed by atoms with E-state index in [-0.39, 0.29) is 11.0 Å². The maximum absolute atomic E-state index is 12.4. The van der Waals surface area contributed by atoms with E-state index in [1.807, 2.05) is 64.1 Å². The number of hydrogen-bond donors (Lipinski definition) is 0. The minimum Gasteiger partial charge on any atom is -0.443 e. The molecule has 1 unspecified atom stereocenters. The van der Waals surface area contributed by atoms with Crippen molar-refractivity contribution in [2.45, 2.75) is 64.1 Å². The predicted molar refractivity (Wildman–Crippen MR) is 165 cm³/mol. The lowest BCUT2D eigenvalue weighted by Gasteiger charge is -2.24. The number of benzene rings is 3. The summed E-state index contributed by atoms with van der Waals surface area (Å²) in [6.07, 6.45) is 4.44. The number of carbonyl (C=O) groups excluding carboxylic acids is 1. The summed E-state index contributed by atoms with van der Waals surface area (Å²) in [7, 11) is -2.09. The molecule has 0 heterocycles. The Kier molecular flexibility index (Phi) is 11.3. The molecule has 8 heteroatoms. The van der Waals surface area contributed by atoms with Gasteiger partial charge < -0.3 is 9.47 Å². The molecule has 3 rings (SSSR count). The molecule has 0 aromatic heterocycles. The highest BCUT2D eigenvalue weighted by molar-refractivity contribution is 7.86. The van der Waals surface area contributed by atoms with Gasteiger partial charge in [-0.1, -0.05) is 66.2 Å². The molecular weight excluding hydrogens is 538 g/mol. The molecule has 220 valence electrons. The Morgan fingerprint density at radius 2 is 1.44 bits per heavy atom. The molecule has 0 saturated carbocycles. The van der Waals surface area contributed by atoms with Crippen LogP contribution in [-0.4, -0.2) is 46.5 Å². The van der Waals surface area contributed by atoms with Crippen LogP contribution in [0.15, 0.2) is 77.7 Å². The first kappa shape index (κ1) is 32.1. The first-order valence-corrected chi connectivity index (χ1v) is 15.1. The topological polar surface area (TPSA) is 82.1 Å². The van der Waals surface area contributed by atoms with E-state index >= 15 is 0 Å². The van der Waals surface area contributed by atoms with E-state index in [0.29, 0.717) is 19.6 Å². The smallest absolute Gasteiger partial charge is 0.414 e. The van der Waals surface area contributed by atoms with Gasteiger partial charge in [-0.2, -0.15) is 8.42 Å².